The fourth-order valence-electron chi connectivity index (χ4n) is 3.56. The van der Waals surface area contributed by atoms with Gasteiger partial charge in [0.2, 0.25) is 5.91 Å². The summed E-state index contributed by atoms with van der Waals surface area (Å²) in [5, 5.41) is 2.73. The van der Waals surface area contributed by atoms with Crippen molar-refractivity contribution in [1.82, 2.24) is 9.97 Å². The second-order valence-electron chi connectivity index (χ2n) is 6.43. The number of hydrogen-bond donors (Lipinski definition) is 2. The number of nitrogens with zero attached hydrogens (tertiary/aromatic N) is 1. The smallest absolute Gasteiger partial charge is 0.257 e. The molecule has 2 heterocycles. The van der Waals surface area contributed by atoms with Gasteiger partial charge in [0.1, 0.15) is 11.6 Å². The van der Waals surface area contributed by atoms with Crippen LogP contribution in [0.5, 0.6) is 11.5 Å². The number of carbonyl (C=O) groups is 1. The van der Waals surface area contributed by atoms with Gasteiger partial charge in [0.25, 0.3) is 5.56 Å². The lowest BCUT2D eigenvalue weighted by Crippen LogP contribution is -2.31. The molecule has 0 spiro atoms. The Bertz CT molecular complexity index is 1090. The van der Waals surface area contributed by atoms with E-state index in [0.29, 0.717) is 28.5 Å². The van der Waals surface area contributed by atoms with E-state index in [2.05, 4.69) is 15.3 Å². The topological polar surface area (TPSA) is 93.3 Å². The van der Waals surface area contributed by atoms with E-state index < -0.39 is 5.92 Å². The zero-order valence-corrected chi connectivity index (χ0v) is 15.5. The Kier molecular flexibility index (Phi) is 4.57. The second-order valence-corrected chi connectivity index (χ2v) is 6.43. The van der Waals surface area contributed by atoms with Crippen molar-refractivity contribution in [3.8, 4) is 22.9 Å². The first-order valence-corrected chi connectivity index (χ1v) is 8.82. The second kappa shape index (κ2) is 7.19. The average Bonchev–Trinajstić information content (AvgIpc) is 2.72. The summed E-state index contributed by atoms with van der Waals surface area (Å²) < 4.78 is 10.9. The first kappa shape index (κ1) is 17.8. The van der Waals surface area contributed by atoms with Crippen LogP contribution in [0.2, 0.25) is 0 Å². The number of carbonyl (C=O) groups excluding carboxylic acids is 1. The first-order chi connectivity index (χ1) is 13.6. The molecule has 0 aliphatic carbocycles. The largest absolute Gasteiger partial charge is 0.493 e. The number of rotatable bonds is 4. The van der Waals surface area contributed by atoms with E-state index in [-0.39, 0.29) is 23.7 Å². The van der Waals surface area contributed by atoms with Gasteiger partial charge in [-0.2, -0.15) is 0 Å². The predicted octanol–water partition coefficient (Wildman–Crippen LogP) is 2.93. The van der Waals surface area contributed by atoms with E-state index in [1.54, 1.807) is 13.2 Å². The van der Waals surface area contributed by atoms with Gasteiger partial charge in [-0.3, -0.25) is 9.59 Å². The molecule has 0 radical (unpaired) electrons. The number of aromatic amines is 1. The third kappa shape index (κ3) is 3.00. The van der Waals surface area contributed by atoms with Gasteiger partial charge in [0.15, 0.2) is 11.5 Å². The van der Waals surface area contributed by atoms with Crippen LogP contribution in [-0.2, 0) is 4.79 Å². The number of ether oxygens (including phenoxy) is 2. The number of amides is 1. The quantitative estimate of drug-likeness (QED) is 0.729. The van der Waals surface area contributed by atoms with E-state index in [0.717, 1.165) is 5.56 Å². The molecule has 0 fully saturated rings. The molecule has 0 unspecified atom stereocenters. The van der Waals surface area contributed by atoms with Crippen LogP contribution in [0.25, 0.3) is 11.4 Å². The molecule has 4 rings (SSSR count). The molecular weight excluding hydrogens is 358 g/mol. The van der Waals surface area contributed by atoms with Crippen molar-refractivity contribution < 1.29 is 14.3 Å². The van der Waals surface area contributed by atoms with Gasteiger partial charge in [-0.1, -0.05) is 42.5 Å². The zero-order chi connectivity index (χ0) is 19.7. The SMILES string of the molecule is COc1cccc([C@H]2CC(=O)Nc3nc(-c4ccccc4)[nH]c(=O)c32)c1OC. The molecule has 1 aliphatic rings. The molecule has 0 bridgehead atoms. The van der Waals surface area contributed by atoms with Crippen LogP contribution in [0.1, 0.15) is 23.5 Å². The van der Waals surface area contributed by atoms with Crippen LogP contribution in [0.15, 0.2) is 53.3 Å². The summed E-state index contributed by atoms with van der Waals surface area (Å²) in [7, 11) is 3.08. The zero-order valence-electron chi connectivity index (χ0n) is 15.5. The van der Waals surface area contributed by atoms with Crippen LogP contribution in [0, 0.1) is 0 Å². The fraction of sp³-hybridized carbons (Fsp3) is 0.190. The molecule has 0 saturated heterocycles. The summed E-state index contributed by atoms with van der Waals surface area (Å²) in [5.41, 5.74) is 1.58. The minimum Gasteiger partial charge on any atom is -0.493 e. The minimum atomic E-state index is -0.491. The third-order valence-electron chi connectivity index (χ3n) is 4.81. The Morgan fingerprint density at radius 2 is 1.79 bits per heavy atom. The van der Waals surface area contributed by atoms with Crippen LogP contribution < -0.4 is 20.3 Å². The van der Waals surface area contributed by atoms with Gasteiger partial charge < -0.3 is 19.8 Å². The first-order valence-electron chi connectivity index (χ1n) is 8.82. The molecule has 1 aliphatic heterocycles. The molecular formula is C21H19N3O4. The highest BCUT2D eigenvalue weighted by Gasteiger charge is 2.33. The number of anilines is 1. The summed E-state index contributed by atoms with van der Waals surface area (Å²) >= 11 is 0. The van der Waals surface area contributed by atoms with Crippen LogP contribution in [0.3, 0.4) is 0 Å². The summed E-state index contributed by atoms with van der Waals surface area (Å²) in [6.45, 7) is 0. The maximum absolute atomic E-state index is 13.0. The van der Waals surface area contributed by atoms with Crippen molar-refractivity contribution in [1.29, 1.82) is 0 Å². The third-order valence-corrected chi connectivity index (χ3v) is 4.81. The molecule has 1 aromatic heterocycles. The number of H-pyrrole nitrogens is 1. The van der Waals surface area contributed by atoms with Crippen LogP contribution in [0.4, 0.5) is 5.82 Å². The Labute approximate surface area is 161 Å². The van der Waals surface area contributed by atoms with Gasteiger partial charge in [0, 0.05) is 23.5 Å². The maximum atomic E-state index is 13.0. The fourth-order valence-corrected chi connectivity index (χ4v) is 3.56. The summed E-state index contributed by atoms with van der Waals surface area (Å²) in [6, 6.07) is 14.7. The lowest BCUT2D eigenvalue weighted by Gasteiger charge is -2.26. The molecule has 7 heteroatoms. The van der Waals surface area contributed by atoms with E-state index in [9.17, 15) is 9.59 Å². The monoisotopic (exact) mass is 377 g/mol. The van der Waals surface area contributed by atoms with Crippen molar-refractivity contribution in [3.05, 3.63) is 70.0 Å². The summed E-state index contributed by atoms with van der Waals surface area (Å²) in [6.07, 6.45) is 0.117. The molecule has 2 N–H and O–H groups in total. The van der Waals surface area contributed by atoms with Crippen LogP contribution >= 0.6 is 0 Å². The van der Waals surface area contributed by atoms with Gasteiger partial charge in [-0.05, 0) is 6.07 Å². The number of para-hydroxylation sites is 1. The summed E-state index contributed by atoms with van der Waals surface area (Å²) in [5.74, 6) is 1.02. The molecule has 7 nitrogen and oxygen atoms in total. The van der Waals surface area contributed by atoms with Crippen LogP contribution in [-0.4, -0.2) is 30.1 Å². The Hall–Kier alpha value is -3.61. The van der Waals surface area contributed by atoms with Crippen molar-refractivity contribution >= 4 is 11.7 Å². The molecule has 2 aromatic carbocycles. The van der Waals surface area contributed by atoms with E-state index in [1.807, 2.05) is 42.5 Å². The lowest BCUT2D eigenvalue weighted by atomic mass is 9.86. The van der Waals surface area contributed by atoms with Gasteiger partial charge >= 0.3 is 0 Å². The van der Waals surface area contributed by atoms with Crippen molar-refractivity contribution in [2.45, 2.75) is 12.3 Å². The normalized spacial score (nSPS) is 15.5. The van der Waals surface area contributed by atoms with Gasteiger partial charge in [-0.15, -0.1) is 0 Å². The Balaban J connectivity index is 1.89. The number of hydrogen-bond acceptors (Lipinski definition) is 5. The standard InChI is InChI=1S/C21H19N3O4/c1-27-15-10-6-9-13(18(15)28-2)14-11-16(25)22-20-17(14)21(26)24-19(23-20)12-7-4-3-5-8-12/h3-10,14H,11H2,1-2H3,(H2,22,23,24,25,26)/t14-/m1/s1. The van der Waals surface area contributed by atoms with Crippen molar-refractivity contribution in [3.63, 3.8) is 0 Å². The number of benzene rings is 2. The molecule has 3 aromatic rings. The van der Waals surface area contributed by atoms with Gasteiger partial charge in [0.05, 0.1) is 19.8 Å². The Morgan fingerprint density at radius 3 is 2.50 bits per heavy atom. The highest BCUT2D eigenvalue weighted by atomic mass is 16.5. The number of nitrogens with one attached hydrogen (secondary N) is 2. The lowest BCUT2D eigenvalue weighted by molar-refractivity contribution is -0.116. The summed E-state index contributed by atoms with van der Waals surface area (Å²) in [4.78, 5) is 32.7. The molecule has 28 heavy (non-hydrogen) atoms. The van der Waals surface area contributed by atoms with Gasteiger partial charge in [-0.25, -0.2) is 4.98 Å². The van der Waals surface area contributed by atoms with E-state index >= 15 is 0 Å². The number of fused-ring (bicyclic) bond motifs is 1. The average molecular weight is 377 g/mol. The molecule has 142 valence electrons. The predicted molar refractivity (Wildman–Crippen MR) is 105 cm³/mol. The van der Waals surface area contributed by atoms with E-state index in [4.69, 9.17) is 9.47 Å². The molecule has 0 saturated carbocycles. The minimum absolute atomic E-state index is 0.117. The van der Waals surface area contributed by atoms with Crippen molar-refractivity contribution in [2.24, 2.45) is 0 Å². The molecule has 1 amide bonds. The Morgan fingerprint density at radius 1 is 1.00 bits per heavy atom. The maximum Gasteiger partial charge on any atom is 0.257 e. The number of methoxy groups -OCH3 is 2. The number of aromatic nitrogens is 2. The molecule has 1 atom stereocenters. The highest BCUT2D eigenvalue weighted by Crippen LogP contribution is 2.42. The van der Waals surface area contributed by atoms with E-state index in [1.165, 1.54) is 7.11 Å². The van der Waals surface area contributed by atoms with Crippen molar-refractivity contribution in [2.75, 3.05) is 19.5 Å². The highest BCUT2D eigenvalue weighted by molar-refractivity contribution is 5.94.